The highest BCUT2D eigenvalue weighted by atomic mass is 16.7. The molecule has 0 aliphatic carbocycles. The molecule has 1 unspecified atom stereocenters. The Morgan fingerprint density at radius 3 is 1.27 bits per heavy atom. The number of likely N-dealkylation sites (N-methyl/N-ethyl adjacent to an activating group) is 1. The minimum Gasteiger partial charge on any atom is -0.466 e. The van der Waals surface area contributed by atoms with Crippen LogP contribution in [-0.4, -0.2) is 61.9 Å². The lowest BCUT2D eigenvalue weighted by atomic mass is 9.90. The van der Waals surface area contributed by atoms with Crippen molar-refractivity contribution in [3.8, 4) is 0 Å². The molecule has 52 heavy (non-hydrogen) atoms. The summed E-state index contributed by atoms with van der Waals surface area (Å²) in [7, 11) is 2.22. The van der Waals surface area contributed by atoms with Crippen molar-refractivity contribution < 1.29 is 14.4 Å². The highest BCUT2D eigenvalue weighted by Crippen LogP contribution is 2.24. The van der Waals surface area contributed by atoms with Gasteiger partial charge in [0.05, 0.1) is 12.7 Å². The first-order chi connectivity index (χ1) is 25.5. The molecule has 1 fully saturated rings. The van der Waals surface area contributed by atoms with Crippen molar-refractivity contribution in [1.29, 1.82) is 0 Å². The SMILES string of the molecule is CCCCC(CCCC)CCCCCCCCCCCC(CCCCCCCCCC(=O)OCCC(CCCC)CCCC)ON1CCN(C)CC1. The number of nitrogens with zero attached hydrogens (tertiary/aromatic N) is 2. The molecule has 5 nitrogen and oxygen atoms in total. The van der Waals surface area contributed by atoms with E-state index in [9.17, 15) is 4.79 Å². The van der Waals surface area contributed by atoms with Gasteiger partial charge in [-0.3, -0.25) is 9.63 Å². The maximum atomic E-state index is 12.3. The molecule has 0 bridgehead atoms. The Balaban J connectivity index is 2.13. The van der Waals surface area contributed by atoms with Gasteiger partial charge in [0, 0.05) is 32.6 Å². The lowest BCUT2D eigenvalue weighted by Crippen LogP contribution is -2.45. The van der Waals surface area contributed by atoms with Gasteiger partial charge in [0.25, 0.3) is 0 Å². The van der Waals surface area contributed by atoms with Gasteiger partial charge in [-0.05, 0) is 44.6 Å². The quantitative estimate of drug-likeness (QED) is 0.0465. The second-order valence-corrected chi connectivity index (χ2v) is 17.0. The van der Waals surface area contributed by atoms with Crippen molar-refractivity contribution in [2.45, 2.75) is 246 Å². The summed E-state index contributed by atoms with van der Waals surface area (Å²) in [6.07, 6.45) is 43.4. The van der Waals surface area contributed by atoms with E-state index < -0.39 is 0 Å². The predicted molar refractivity (Wildman–Crippen MR) is 227 cm³/mol. The largest absolute Gasteiger partial charge is 0.466 e. The molecule has 5 heteroatoms. The van der Waals surface area contributed by atoms with Crippen LogP contribution in [0.3, 0.4) is 0 Å². The van der Waals surface area contributed by atoms with Crippen molar-refractivity contribution in [2.75, 3.05) is 39.8 Å². The molecule has 1 saturated heterocycles. The van der Waals surface area contributed by atoms with Crippen LogP contribution in [0.25, 0.3) is 0 Å². The number of hydrogen-bond acceptors (Lipinski definition) is 5. The van der Waals surface area contributed by atoms with Crippen molar-refractivity contribution in [1.82, 2.24) is 9.96 Å². The zero-order chi connectivity index (χ0) is 37.7. The molecule has 1 aliphatic heterocycles. The minimum absolute atomic E-state index is 0.0191. The molecule has 1 rings (SSSR count). The van der Waals surface area contributed by atoms with Gasteiger partial charge < -0.3 is 9.64 Å². The van der Waals surface area contributed by atoms with E-state index in [-0.39, 0.29) is 5.97 Å². The summed E-state index contributed by atoms with van der Waals surface area (Å²) in [5.74, 6) is 1.75. The standard InChI is InChI=1S/C47H94N2O3/c1-6-10-30-44(31-11-7-2)34-26-22-18-15-14-16-19-23-27-35-46(52-49-41-39-48(5)40-42-49)36-28-24-20-17-21-25-29-37-47(50)51-43-38-45(32-12-8-3)33-13-9-4/h44-46H,6-43H2,1-5H3. The number of carbonyl (C=O) groups is 1. The van der Waals surface area contributed by atoms with Crippen LogP contribution < -0.4 is 0 Å². The van der Waals surface area contributed by atoms with Gasteiger partial charge >= 0.3 is 5.97 Å². The molecule has 0 amide bonds. The third-order valence-corrected chi connectivity index (χ3v) is 12.0. The summed E-state index contributed by atoms with van der Waals surface area (Å²) < 4.78 is 5.61. The van der Waals surface area contributed by atoms with Crippen LogP contribution in [0.4, 0.5) is 0 Å². The normalized spacial score (nSPS) is 14.9. The van der Waals surface area contributed by atoms with E-state index in [4.69, 9.17) is 9.57 Å². The van der Waals surface area contributed by atoms with Crippen LogP contribution in [0, 0.1) is 11.8 Å². The molecule has 310 valence electrons. The van der Waals surface area contributed by atoms with Crippen LogP contribution >= 0.6 is 0 Å². The van der Waals surface area contributed by atoms with Gasteiger partial charge in [0.2, 0.25) is 0 Å². The molecule has 0 aromatic heterocycles. The van der Waals surface area contributed by atoms with E-state index in [1.807, 2.05) is 0 Å². The fourth-order valence-corrected chi connectivity index (χ4v) is 8.17. The summed E-state index contributed by atoms with van der Waals surface area (Å²) in [6.45, 7) is 14.1. The maximum absolute atomic E-state index is 12.3. The van der Waals surface area contributed by atoms with Gasteiger partial charge in [0.15, 0.2) is 0 Å². The summed E-state index contributed by atoms with van der Waals surface area (Å²) in [6, 6.07) is 0. The molecule has 0 saturated carbocycles. The second-order valence-electron chi connectivity index (χ2n) is 17.0. The molecule has 0 N–H and O–H groups in total. The number of ether oxygens (including phenoxy) is 1. The van der Waals surface area contributed by atoms with E-state index in [2.05, 4.69) is 44.7 Å². The van der Waals surface area contributed by atoms with Crippen LogP contribution in [0.5, 0.6) is 0 Å². The van der Waals surface area contributed by atoms with Crippen LogP contribution in [0.1, 0.15) is 240 Å². The average Bonchev–Trinajstić information content (AvgIpc) is 3.15. The molecule has 0 aromatic carbocycles. The zero-order valence-corrected chi connectivity index (χ0v) is 36.2. The van der Waals surface area contributed by atoms with Crippen molar-refractivity contribution >= 4 is 5.97 Å². The topological polar surface area (TPSA) is 42.0 Å². The third-order valence-electron chi connectivity index (χ3n) is 12.0. The Labute approximate surface area is 326 Å². The Morgan fingerprint density at radius 1 is 0.462 bits per heavy atom. The first kappa shape index (κ1) is 49.4. The number of unbranched alkanes of at least 4 members (excludes halogenated alkanes) is 18. The van der Waals surface area contributed by atoms with E-state index >= 15 is 0 Å². The Morgan fingerprint density at radius 2 is 0.827 bits per heavy atom. The molecule has 1 aliphatic rings. The number of hydroxylamine groups is 2. The van der Waals surface area contributed by atoms with E-state index in [0.29, 0.717) is 19.1 Å². The van der Waals surface area contributed by atoms with E-state index in [1.165, 1.54) is 186 Å². The predicted octanol–water partition coefficient (Wildman–Crippen LogP) is 14.3. The first-order valence-electron chi connectivity index (χ1n) is 23.8. The molecule has 0 aromatic rings. The molecule has 0 spiro atoms. The number of hydrogen-bond donors (Lipinski definition) is 0. The maximum Gasteiger partial charge on any atom is 0.305 e. The Kier molecular flexibility index (Phi) is 35.4. The number of carbonyl (C=O) groups excluding carboxylic acids is 1. The Hall–Kier alpha value is -0.650. The summed E-state index contributed by atoms with van der Waals surface area (Å²) in [4.78, 5) is 21.3. The first-order valence-corrected chi connectivity index (χ1v) is 23.8. The van der Waals surface area contributed by atoms with Gasteiger partial charge in [-0.25, -0.2) is 0 Å². The highest BCUT2D eigenvalue weighted by molar-refractivity contribution is 5.69. The highest BCUT2D eigenvalue weighted by Gasteiger charge is 2.19. The Bertz CT molecular complexity index is 724. The average molecular weight is 735 g/mol. The fraction of sp³-hybridized carbons (Fsp3) is 0.979. The van der Waals surface area contributed by atoms with Crippen LogP contribution in [-0.2, 0) is 14.4 Å². The second kappa shape index (κ2) is 37.3. The molecular formula is C47H94N2O3. The van der Waals surface area contributed by atoms with Crippen LogP contribution in [0.2, 0.25) is 0 Å². The lowest BCUT2D eigenvalue weighted by Gasteiger charge is -2.34. The van der Waals surface area contributed by atoms with Crippen molar-refractivity contribution in [3.63, 3.8) is 0 Å². The smallest absolute Gasteiger partial charge is 0.305 e. The fourth-order valence-electron chi connectivity index (χ4n) is 8.17. The monoisotopic (exact) mass is 735 g/mol. The van der Waals surface area contributed by atoms with Gasteiger partial charge in [-0.15, -0.1) is 0 Å². The molecule has 0 radical (unpaired) electrons. The lowest BCUT2D eigenvalue weighted by molar-refractivity contribution is -0.214. The van der Waals surface area contributed by atoms with E-state index in [0.717, 1.165) is 57.3 Å². The number of piperazine rings is 1. The summed E-state index contributed by atoms with van der Waals surface area (Å²) in [5, 5.41) is 2.27. The third kappa shape index (κ3) is 30.7. The summed E-state index contributed by atoms with van der Waals surface area (Å²) in [5.41, 5.74) is 0. The molecule has 1 heterocycles. The van der Waals surface area contributed by atoms with Gasteiger partial charge in [-0.2, -0.15) is 5.06 Å². The minimum atomic E-state index is 0.0191. The van der Waals surface area contributed by atoms with E-state index in [1.54, 1.807) is 0 Å². The van der Waals surface area contributed by atoms with Crippen molar-refractivity contribution in [2.24, 2.45) is 11.8 Å². The molecular weight excluding hydrogens is 641 g/mol. The molecule has 1 atom stereocenters. The van der Waals surface area contributed by atoms with Crippen LogP contribution in [0.15, 0.2) is 0 Å². The number of esters is 1. The van der Waals surface area contributed by atoms with Gasteiger partial charge in [-0.1, -0.05) is 207 Å². The van der Waals surface area contributed by atoms with Gasteiger partial charge in [0.1, 0.15) is 0 Å². The zero-order valence-electron chi connectivity index (χ0n) is 36.2. The number of rotatable bonds is 39. The summed E-state index contributed by atoms with van der Waals surface area (Å²) >= 11 is 0. The van der Waals surface area contributed by atoms with Crippen molar-refractivity contribution in [3.05, 3.63) is 0 Å².